The molecule has 0 saturated carbocycles. The van der Waals surface area contributed by atoms with E-state index in [1.807, 2.05) is 140 Å². The number of rotatable bonds is 30. The maximum absolute atomic E-state index is 7.61. The topological polar surface area (TPSA) is 111 Å². The summed E-state index contributed by atoms with van der Waals surface area (Å²) in [5.41, 5.74) is 12.2. The first-order chi connectivity index (χ1) is 48.5. The lowest BCUT2D eigenvalue weighted by atomic mass is 9.71. The van der Waals surface area contributed by atoms with E-state index in [-0.39, 0.29) is 30.7 Å². The zero-order valence-electron chi connectivity index (χ0n) is 59.4. The predicted molar refractivity (Wildman–Crippen MR) is 394 cm³/mol. The van der Waals surface area contributed by atoms with Crippen LogP contribution in [0.25, 0.3) is 0 Å². The highest BCUT2D eigenvalue weighted by molar-refractivity contribution is 7.99. The summed E-state index contributed by atoms with van der Waals surface area (Å²) in [6, 6.07) is 80.9. The van der Waals surface area contributed by atoms with E-state index in [4.69, 9.17) is 56.8 Å². The molecule has 0 aromatic heterocycles. The number of benzene rings is 9. The van der Waals surface area contributed by atoms with Crippen molar-refractivity contribution in [2.45, 2.75) is 191 Å². The molecule has 2 fully saturated rings. The van der Waals surface area contributed by atoms with Crippen LogP contribution in [0.5, 0.6) is 11.5 Å². The molecule has 12 nitrogen and oxygen atoms in total. The Bertz CT molecular complexity index is 3950. The number of hydrogen-bond acceptors (Lipinski definition) is 13. The first-order valence-electron chi connectivity index (χ1n) is 35.2. The van der Waals surface area contributed by atoms with Gasteiger partial charge in [0.15, 0.2) is 6.29 Å². The molecule has 0 radical (unpaired) electrons. The van der Waals surface area contributed by atoms with E-state index >= 15 is 0 Å². The van der Waals surface area contributed by atoms with Gasteiger partial charge in [0.2, 0.25) is 0 Å². The summed E-state index contributed by atoms with van der Waals surface area (Å²) in [4.78, 5) is 0. The monoisotopic (exact) mass is 1370 g/mol. The van der Waals surface area contributed by atoms with Gasteiger partial charge in [-0.3, -0.25) is 0 Å². The van der Waals surface area contributed by atoms with Gasteiger partial charge in [0, 0.05) is 40.5 Å². The first-order valence-corrected chi connectivity index (χ1v) is 36.2. The SMILES string of the molecule is CO[C@H]1O[C@H](COCc2cc(C(C)(C)C)cc3c2Oc2c(CS[C@@H]4O[C@H](COCc5ccccc5)[C@@H](OCc5ccccc5)[C@H](OCc5ccccc5)[C@H]4OCc4ccccc4)cc(C(C)(C)C)cc2C3(C)C)[C@@H](OCc2ccccc2)[C@H](OCc2ccccc2)[C@H]1OCc1ccccc1. The second-order valence-corrected chi connectivity index (χ2v) is 30.1. The summed E-state index contributed by atoms with van der Waals surface area (Å²) in [5, 5.41) is 0. The van der Waals surface area contributed by atoms with Crippen LogP contribution in [0.15, 0.2) is 237 Å². The average molecular weight is 1370 g/mol. The molecule has 100 heavy (non-hydrogen) atoms. The van der Waals surface area contributed by atoms with Crippen molar-refractivity contribution in [1.29, 1.82) is 0 Å². The van der Waals surface area contributed by atoms with Crippen LogP contribution >= 0.6 is 11.8 Å². The number of fused-ring (bicyclic) bond motifs is 2. The number of methoxy groups -OCH3 is 1. The summed E-state index contributed by atoms with van der Waals surface area (Å²) in [7, 11) is 1.65. The van der Waals surface area contributed by atoms with Gasteiger partial charge in [-0.2, -0.15) is 0 Å². The molecule has 524 valence electrons. The Kier molecular flexibility index (Phi) is 24.7. The average Bonchev–Trinajstić information content (AvgIpc) is 0.736. The fourth-order valence-corrected chi connectivity index (χ4v) is 14.5. The van der Waals surface area contributed by atoms with Gasteiger partial charge in [0.05, 0.1) is 66.1 Å². The smallest absolute Gasteiger partial charge is 0.186 e. The van der Waals surface area contributed by atoms with Crippen LogP contribution in [0.3, 0.4) is 0 Å². The standard InChI is InChI=1S/C87H98O12S/c1-85(2,3)69-45-67(56-90-57-73-77(91-50-61-33-19-11-20-34-61)79(93-52-63-37-23-13-24-38-63)81(83(88-9)97-73)95-54-65-41-27-15-28-42-65)75-71(47-69)87(7,8)72-48-70(86(4,5)6)46-68(76(72)99-75)59-100-84-82(96-55-66-43-29-16-30-44-66)80(94-53-64-39-25-14-26-40-64)78(92-51-62-35-21-12-22-36-62)74(98-84)58-89-49-60-31-17-10-18-32-60/h10-48,73-74,77-84H,49-59H2,1-9H3/t73-,74-,77-,78-,79+,80+,81-,82-,83+,84+/m1/s1. The molecular formula is C87H98O12S. The minimum atomic E-state index is -0.813. The van der Waals surface area contributed by atoms with Gasteiger partial charge in [0.1, 0.15) is 65.8 Å². The van der Waals surface area contributed by atoms with Gasteiger partial charge < -0.3 is 56.8 Å². The number of thioether (sulfide) groups is 1. The van der Waals surface area contributed by atoms with E-state index in [2.05, 4.69) is 152 Å². The van der Waals surface area contributed by atoms with Crippen LogP contribution in [0, 0.1) is 0 Å². The molecule has 9 aromatic carbocycles. The van der Waals surface area contributed by atoms with Crippen LogP contribution in [0.1, 0.15) is 128 Å². The molecule has 3 aliphatic heterocycles. The summed E-state index contributed by atoms with van der Waals surface area (Å²) >= 11 is 1.69. The van der Waals surface area contributed by atoms with Crippen molar-refractivity contribution in [3.8, 4) is 11.5 Å². The van der Waals surface area contributed by atoms with Gasteiger partial charge in [-0.15, -0.1) is 11.8 Å². The van der Waals surface area contributed by atoms with E-state index in [0.717, 1.165) is 72.7 Å². The summed E-state index contributed by atoms with van der Waals surface area (Å²) in [6.07, 6.45) is -5.71. The van der Waals surface area contributed by atoms with Gasteiger partial charge in [-0.05, 0) is 67.0 Å². The van der Waals surface area contributed by atoms with E-state index in [0.29, 0.717) is 52.0 Å². The summed E-state index contributed by atoms with van der Waals surface area (Å²) in [5.74, 6) is 2.10. The zero-order valence-corrected chi connectivity index (χ0v) is 60.2. The predicted octanol–water partition coefficient (Wildman–Crippen LogP) is 18.3. The molecule has 0 amide bonds. The third kappa shape index (κ3) is 18.7. The lowest BCUT2D eigenvalue weighted by molar-refractivity contribution is -0.323. The molecule has 0 unspecified atom stereocenters. The Hall–Kier alpha value is -7.31. The highest BCUT2D eigenvalue weighted by Crippen LogP contribution is 2.54. The molecule has 3 aliphatic rings. The normalized spacial score (nSPS) is 22.0. The lowest BCUT2D eigenvalue weighted by Gasteiger charge is -2.46. The molecule has 0 bridgehead atoms. The molecule has 10 atom stereocenters. The van der Waals surface area contributed by atoms with E-state index in [1.165, 1.54) is 11.1 Å². The Balaban J connectivity index is 0.879. The van der Waals surface area contributed by atoms with Crippen molar-refractivity contribution in [3.63, 3.8) is 0 Å². The Morgan fingerprint density at radius 1 is 0.360 bits per heavy atom. The van der Waals surface area contributed by atoms with Gasteiger partial charge >= 0.3 is 0 Å². The van der Waals surface area contributed by atoms with E-state index < -0.39 is 66.0 Å². The largest absolute Gasteiger partial charge is 0.456 e. The van der Waals surface area contributed by atoms with Crippen molar-refractivity contribution < 1.29 is 56.8 Å². The molecule has 0 N–H and O–H groups in total. The van der Waals surface area contributed by atoms with Gasteiger partial charge in [-0.1, -0.05) is 286 Å². The first kappa shape index (κ1) is 72.5. The van der Waals surface area contributed by atoms with Crippen molar-refractivity contribution in [1.82, 2.24) is 0 Å². The van der Waals surface area contributed by atoms with Crippen LogP contribution in [-0.2, 0) is 127 Å². The number of hydrogen-bond donors (Lipinski definition) is 0. The second kappa shape index (κ2) is 34.1. The van der Waals surface area contributed by atoms with Crippen LogP contribution in [0.2, 0.25) is 0 Å². The molecule has 0 spiro atoms. The molecular weight excluding hydrogens is 1270 g/mol. The molecule has 13 heteroatoms. The molecule has 12 rings (SSSR count). The minimum absolute atomic E-state index is 0.142. The van der Waals surface area contributed by atoms with Crippen molar-refractivity contribution in [3.05, 3.63) is 309 Å². The maximum Gasteiger partial charge on any atom is 0.186 e. The third-order valence-electron chi connectivity index (χ3n) is 19.1. The zero-order chi connectivity index (χ0) is 69.5. The summed E-state index contributed by atoms with van der Waals surface area (Å²) < 4.78 is 84.3. The van der Waals surface area contributed by atoms with E-state index in [9.17, 15) is 0 Å². The third-order valence-corrected chi connectivity index (χ3v) is 20.3. The van der Waals surface area contributed by atoms with Crippen molar-refractivity contribution in [2.75, 3.05) is 20.3 Å². The molecule has 9 aromatic rings. The highest BCUT2D eigenvalue weighted by Gasteiger charge is 2.51. The fraction of sp³-hybridized carbons (Fsp3) is 0.379. The lowest BCUT2D eigenvalue weighted by Crippen LogP contribution is -2.61. The minimum Gasteiger partial charge on any atom is -0.456 e. The Morgan fingerprint density at radius 2 is 0.680 bits per heavy atom. The summed E-state index contributed by atoms with van der Waals surface area (Å²) in [6.45, 7) is 21.2. The van der Waals surface area contributed by atoms with Gasteiger partial charge in [0.25, 0.3) is 0 Å². The van der Waals surface area contributed by atoms with Crippen LogP contribution < -0.4 is 4.74 Å². The quantitative estimate of drug-likeness (QED) is 0.0426. The molecule has 2 saturated heterocycles. The van der Waals surface area contributed by atoms with Crippen LogP contribution in [-0.4, -0.2) is 80.9 Å². The Morgan fingerprint density at radius 3 is 1.07 bits per heavy atom. The highest BCUT2D eigenvalue weighted by atomic mass is 32.2. The van der Waals surface area contributed by atoms with Gasteiger partial charge in [-0.25, -0.2) is 0 Å². The van der Waals surface area contributed by atoms with Crippen LogP contribution in [0.4, 0.5) is 0 Å². The number of ether oxygens (including phenoxy) is 12. The fourth-order valence-electron chi connectivity index (χ4n) is 13.3. The Labute approximate surface area is 596 Å². The molecule has 3 heterocycles. The maximum atomic E-state index is 7.61. The van der Waals surface area contributed by atoms with E-state index in [1.54, 1.807) is 18.9 Å². The van der Waals surface area contributed by atoms with Crippen molar-refractivity contribution >= 4 is 11.8 Å². The molecule has 0 aliphatic carbocycles. The second-order valence-electron chi connectivity index (χ2n) is 29.0. The van der Waals surface area contributed by atoms with Crippen molar-refractivity contribution in [2.24, 2.45) is 0 Å².